The van der Waals surface area contributed by atoms with Crippen LogP contribution < -0.4 is 15.7 Å². The zero-order valence-corrected chi connectivity index (χ0v) is 16.9. The molecule has 0 fully saturated rings. The molecule has 1 aliphatic heterocycles. The van der Waals surface area contributed by atoms with Gasteiger partial charge >= 0.3 is 11.6 Å². The van der Waals surface area contributed by atoms with Gasteiger partial charge in [-0.05, 0) is 25.1 Å². The molecule has 1 amide bonds. The summed E-state index contributed by atoms with van der Waals surface area (Å²) in [6.07, 6.45) is -0.0190. The van der Waals surface area contributed by atoms with Crippen LogP contribution in [0.3, 0.4) is 0 Å². The van der Waals surface area contributed by atoms with Crippen LogP contribution in [0.25, 0.3) is 11.0 Å². The number of amides is 1. The van der Waals surface area contributed by atoms with Gasteiger partial charge in [0.15, 0.2) is 0 Å². The molecule has 0 bridgehead atoms. The van der Waals surface area contributed by atoms with Crippen LogP contribution in [0.15, 0.2) is 51.7 Å². The molecule has 0 saturated carbocycles. The van der Waals surface area contributed by atoms with E-state index in [1.165, 1.54) is 13.0 Å². The lowest BCUT2D eigenvalue weighted by Crippen LogP contribution is -2.12. The highest BCUT2D eigenvalue weighted by Crippen LogP contribution is 2.40. The first-order valence-electron chi connectivity index (χ1n) is 9.64. The predicted octanol–water partition coefficient (Wildman–Crippen LogP) is 3.99. The molecule has 7 nitrogen and oxygen atoms in total. The third-order valence-electron chi connectivity index (χ3n) is 5.27. The fraction of sp³-hybridized carbons (Fsp3) is 0.261. The van der Waals surface area contributed by atoms with Gasteiger partial charge in [0.05, 0.1) is 0 Å². The Morgan fingerprint density at radius 3 is 2.70 bits per heavy atom. The van der Waals surface area contributed by atoms with Crippen molar-refractivity contribution >= 4 is 28.5 Å². The number of para-hydroxylation sites is 1. The fourth-order valence-electron chi connectivity index (χ4n) is 3.60. The summed E-state index contributed by atoms with van der Waals surface area (Å²) in [5.41, 5.74) is 2.09. The summed E-state index contributed by atoms with van der Waals surface area (Å²) in [5, 5.41) is 3.26. The monoisotopic (exact) mass is 407 g/mol. The summed E-state index contributed by atoms with van der Waals surface area (Å²) in [5.74, 6) is -0.0134. The average molecular weight is 407 g/mol. The molecule has 3 aromatic rings. The van der Waals surface area contributed by atoms with Crippen molar-refractivity contribution in [3.8, 4) is 5.75 Å². The summed E-state index contributed by atoms with van der Waals surface area (Å²) in [4.78, 5) is 35.9. The van der Waals surface area contributed by atoms with Gasteiger partial charge < -0.3 is 19.2 Å². The summed E-state index contributed by atoms with van der Waals surface area (Å²) in [7, 11) is 0. The van der Waals surface area contributed by atoms with Crippen LogP contribution in [0.5, 0.6) is 5.75 Å². The van der Waals surface area contributed by atoms with Gasteiger partial charge in [-0.1, -0.05) is 19.1 Å². The van der Waals surface area contributed by atoms with Crippen molar-refractivity contribution in [1.29, 1.82) is 0 Å². The zero-order chi connectivity index (χ0) is 21.4. The Morgan fingerprint density at radius 2 is 1.93 bits per heavy atom. The average Bonchev–Trinajstić information content (AvgIpc) is 2.99. The maximum Gasteiger partial charge on any atom is 0.342 e. The Balaban J connectivity index is 1.59. The van der Waals surface area contributed by atoms with Gasteiger partial charge in [0.1, 0.15) is 29.6 Å². The van der Waals surface area contributed by atoms with E-state index in [0.717, 1.165) is 5.56 Å². The molecule has 1 aliphatic rings. The van der Waals surface area contributed by atoms with E-state index in [1.807, 2.05) is 19.1 Å². The molecule has 30 heavy (non-hydrogen) atoms. The molecule has 0 aliphatic carbocycles. The van der Waals surface area contributed by atoms with Gasteiger partial charge in [-0.25, -0.2) is 9.59 Å². The number of nitrogens with one attached hydrogen (secondary N) is 1. The first-order chi connectivity index (χ1) is 14.3. The second-order valence-corrected chi connectivity index (χ2v) is 7.39. The number of carbonyl (C=O) groups excluding carboxylic acids is 2. The topological polar surface area (TPSA) is 94.8 Å². The van der Waals surface area contributed by atoms with Crippen LogP contribution in [0.4, 0.5) is 5.69 Å². The third-order valence-corrected chi connectivity index (χ3v) is 5.27. The lowest BCUT2D eigenvalue weighted by atomic mass is 9.97. The van der Waals surface area contributed by atoms with Gasteiger partial charge in [-0.3, -0.25) is 4.79 Å². The molecular weight excluding hydrogens is 386 g/mol. The fourth-order valence-corrected chi connectivity index (χ4v) is 3.60. The van der Waals surface area contributed by atoms with Crippen LogP contribution >= 0.6 is 0 Å². The number of ether oxygens (including phenoxy) is 2. The van der Waals surface area contributed by atoms with Crippen LogP contribution in [-0.2, 0) is 16.1 Å². The van der Waals surface area contributed by atoms with E-state index in [0.29, 0.717) is 33.5 Å². The highest BCUT2D eigenvalue weighted by atomic mass is 16.5. The van der Waals surface area contributed by atoms with Gasteiger partial charge in [0.25, 0.3) is 0 Å². The van der Waals surface area contributed by atoms with Gasteiger partial charge in [-0.15, -0.1) is 0 Å². The smallest absolute Gasteiger partial charge is 0.342 e. The molecule has 0 unspecified atom stereocenters. The van der Waals surface area contributed by atoms with E-state index in [9.17, 15) is 14.4 Å². The molecule has 0 saturated heterocycles. The number of esters is 1. The molecule has 7 heteroatoms. The first-order valence-corrected chi connectivity index (χ1v) is 9.64. The summed E-state index contributed by atoms with van der Waals surface area (Å²) in [6, 6.07) is 11.7. The molecule has 1 aromatic heterocycles. The molecule has 154 valence electrons. The number of fused-ring (bicyclic) bond motifs is 2. The Morgan fingerprint density at radius 1 is 1.13 bits per heavy atom. The minimum Gasteiger partial charge on any atom is -0.489 e. The second-order valence-electron chi connectivity index (χ2n) is 7.39. The van der Waals surface area contributed by atoms with E-state index in [1.54, 1.807) is 24.3 Å². The predicted molar refractivity (Wildman–Crippen MR) is 111 cm³/mol. The molecule has 1 N–H and O–H groups in total. The van der Waals surface area contributed by atoms with E-state index >= 15 is 0 Å². The number of rotatable bonds is 4. The van der Waals surface area contributed by atoms with Crippen molar-refractivity contribution < 1.29 is 23.5 Å². The van der Waals surface area contributed by atoms with E-state index in [-0.39, 0.29) is 24.5 Å². The zero-order valence-electron chi connectivity index (χ0n) is 16.9. The molecule has 2 atom stereocenters. The lowest BCUT2D eigenvalue weighted by molar-refractivity contribution is -0.114. The van der Waals surface area contributed by atoms with Gasteiger partial charge in [-0.2, -0.15) is 0 Å². The number of carbonyl (C=O) groups is 2. The third kappa shape index (κ3) is 3.66. The van der Waals surface area contributed by atoms with Crippen molar-refractivity contribution in [3.63, 3.8) is 0 Å². The molecule has 0 spiro atoms. The highest BCUT2D eigenvalue weighted by Gasteiger charge is 2.31. The SMILES string of the molecule is CC(=O)Nc1ccc2c(COC(=O)c3cccc4c3O[C@@H](C)[C@H]4C)cc(=O)oc2c1. The summed E-state index contributed by atoms with van der Waals surface area (Å²) < 4.78 is 16.6. The molecule has 0 radical (unpaired) electrons. The largest absolute Gasteiger partial charge is 0.489 e. The minimum atomic E-state index is -0.569. The highest BCUT2D eigenvalue weighted by molar-refractivity contribution is 5.94. The Kier molecular flexibility index (Phi) is 5.03. The maximum absolute atomic E-state index is 12.7. The van der Waals surface area contributed by atoms with E-state index in [4.69, 9.17) is 13.9 Å². The first kappa shape index (κ1) is 19.7. The van der Waals surface area contributed by atoms with E-state index in [2.05, 4.69) is 12.2 Å². The van der Waals surface area contributed by atoms with Crippen LogP contribution in [0.1, 0.15) is 48.2 Å². The summed E-state index contributed by atoms with van der Waals surface area (Å²) >= 11 is 0. The number of hydrogen-bond donors (Lipinski definition) is 1. The molecule has 4 rings (SSSR count). The van der Waals surface area contributed by atoms with Crippen LogP contribution in [0, 0.1) is 0 Å². The summed E-state index contributed by atoms with van der Waals surface area (Å²) in [6.45, 7) is 5.30. The Labute approximate surface area is 172 Å². The van der Waals surface area contributed by atoms with E-state index < -0.39 is 11.6 Å². The number of benzene rings is 2. The second kappa shape index (κ2) is 7.67. The standard InChI is InChI=1S/C23H21NO6/c1-12-13(2)29-22-17(12)5-4-6-19(22)23(27)28-11-15-9-21(26)30-20-10-16(24-14(3)25)7-8-18(15)20/h4-10,12-13H,11H2,1-3H3,(H,24,25)/t12-,13+/m1/s1. The van der Waals surface area contributed by atoms with Crippen molar-refractivity contribution in [3.05, 3.63) is 69.6 Å². The Bertz CT molecular complexity index is 1210. The molecule has 2 aromatic carbocycles. The molecular formula is C23H21NO6. The van der Waals surface area contributed by atoms with Gasteiger partial charge in [0.2, 0.25) is 5.91 Å². The van der Waals surface area contributed by atoms with Crippen molar-refractivity contribution in [1.82, 2.24) is 0 Å². The lowest BCUT2D eigenvalue weighted by Gasteiger charge is -2.11. The van der Waals surface area contributed by atoms with Crippen LogP contribution in [0.2, 0.25) is 0 Å². The van der Waals surface area contributed by atoms with Crippen molar-refractivity contribution in [2.24, 2.45) is 0 Å². The van der Waals surface area contributed by atoms with Crippen LogP contribution in [-0.4, -0.2) is 18.0 Å². The number of anilines is 1. The minimum absolute atomic E-state index is 0.0190. The molecule has 2 heterocycles. The maximum atomic E-state index is 12.7. The number of hydrogen-bond acceptors (Lipinski definition) is 6. The van der Waals surface area contributed by atoms with Crippen molar-refractivity contribution in [2.75, 3.05) is 5.32 Å². The van der Waals surface area contributed by atoms with Gasteiger partial charge in [0, 0.05) is 47.2 Å². The normalized spacial score (nSPS) is 17.3. The van der Waals surface area contributed by atoms with Crippen molar-refractivity contribution in [2.45, 2.75) is 39.4 Å². The Hall–Kier alpha value is -3.61. The quantitative estimate of drug-likeness (QED) is 0.519.